The van der Waals surface area contributed by atoms with E-state index in [1.54, 1.807) is 0 Å². The maximum Gasteiger partial charge on any atom is 0.176 e. The van der Waals surface area contributed by atoms with Crippen molar-refractivity contribution in [3.05, 3.63) is 29.3 Å². The van der Waals surface area contributed by atoms with Crippen molar-refractivity contribution >= 4 is 28.6 Å². The molecule has 0 fully saturated rings. The molecule has 0 heterocycles. The highest BCUT2D eigenvalue weighted by Gasteiger charge is 2.26. The van der Waals surface area contributed by atoms with E-state index in [9.17, 15) is 0 Å². The molecule has 1 rings (SSSR count). The molecule has 0 nitrogen and oxygen atoms in total. The third-order valence-corrected chi connectivity index (χ3v) is 4.63. The fourth-order valence-electron chi connectivity index (χ4n) is 2.06. The topological polar surface area (TPSA) is 0 Å². The Hall–Kier alpha value is -0.0831. The molecule has 0 aliphatic rings. The second kappa shape index (κ2) is 4.65. The molecule has 88 valence electrons. The molecule has 0 aliphatic carbocycles. The van der Waals surface area contributed by atoms with Gasteiger partial charge in [-0.3, -0.25) is 0 Å². The second-order valence-electron chi connectivity index (χ2n) is 6.32. The first-order valence-electron chi connectivity index (χ1n) is 5.68. The minimum Gasteiger partial charge on any atom is -0.125 e. The van der Waals surface area contributed by atoms with Crippen LogP contribution in [0.15, 0.2) is 18.2 Å². The molecule has 2 heteroatoms. The fraction of sp³-hybridized carbons (Fsp3) is 0.571. The van der Waals surface area contributed by atoms with Crippen molar-refractivity contribution < 1.29 is 0 Å². The van der Waals surface area contributed by atoms with Crippen molar-refractivity contribution in [3.8, 4) is 0 Å². The van der Waals surface area contributed by atoms with Crippen LogP contribution < -0.4 is 5.19 Å². The number of hydrogen-bond acceptors (Lipinski definition) is 0. The van der Waals surface area contributed by atoms with E-state index >= 15 is 0 Å². The average molecular weight is 297 g/mol. The normalized spacial score (nSPS) is 12.9. The van der Waals surface area contributed by atoms with Crippen molar-refractivity contribution in [2.75, 3.05) is 0 Å². The summed E-state index contributed by atoms with van der Waals surface area (Å²) in [5, 5.41) is 1.44. The summed E-state index contributed by atoms with van der Waals surface area (Å²) in [5.41, 5.74) is 3.41. The van der Waals surface area contributed by atoms with Gasteiger partial charge in [-0.15, -0.1) is 15.3 Å². The van der Waals surface area contributed by atoms with Crippen LogP contribution in [0.2, 0.25) is 0 Å². The molecule has 0 spiro atoms. The predicted octanol–water partition coefficient (Wildman–Crippen LogP) is 3.92. The summed E-state index contributed by atoms with van der Waals surface area (Å²) >= 11 is 3.63. The van der Waals surface area contributed by atoms with Crippen LogP contribution >= 0.6 is 15.3 Å². The third kappa shape index (κ3) is 2.98. The van der Waals surface area contributed by atoms with Gasteiger partial charge in [-0.05, 0) is 27.1 Å². The Kier molecular flexibility index (Phi) is 4.07. The van der Waals surface area contributed by atoms with Crippen LogP contribution in [0.1, 0.15) is 52.7 Å². The predicted molar refractivity (Wildman–Crippen MR) is 78.2 cm³/mol. The summed E-state index contributed by atoms with van der Waals surface area (Å²) in [6.07, 6.45) is 0. The summed E-state index contributed by atoms with van der Waals surface area (Å²) in [5.74, 6) is 0. The van der Waals surface area contributed by atoms with Crippen molar-refractivity contribution in [1.29, 1.82) is 0 Å². The van der Waals surface area contributed by atoms with Gasteiger partial charge in [0, 0.05) is 0 Å². The third-order valence-electron chi connectivity index (χ3n) is 2.72. The van der Waals surface area contributed by atoms with Gasteiger partial charge in [0.1, 0.15) is 0 Å². The van der Waals surface area contributed by atoms with Crippen LogP contribution in [0.4, 0.5) is 0 Å². The van der Waals surface area contributed by atoms with E-state index in [-0.39, 0.29) is 10.8 Å². The fourth-order valence-corrected chi connectivity index (χ4v) is 3.82. The molecule has 0 aromatic heterocycles. The summed E-state index contributed by atoms with van der Waals surface area (Å²) in [6, 6.07) is 6.69. The maximum atomic E-state index is 3.63. The summed E-state index contributed by atoms with van der Waals surface area (Å²) in [6.45, 7) is 13.8. The van der Waals surface area contributed by atoms with Gasteiger partial charge < -0.3 is 0 Å². The quantitative estimate of drug-likeness (QED) is 0.544. The van der Waals surface area contributed by atoms with E-state index in [4.69, 9.17) is 0 Å². The average Bonchev–Trinajstić information content (AvgIpc) is 2.13. The van der Waals surface area contributed by atoms with Crippen LogP contribution in [-0.2, 0) is 10.8 Å². The molecule has 0 N–H and O–H groups in total. The minimum absolute atomic E-state index is 0.208. The Balaban J connectivity index is 3.51. The largest absolute Gasteiger partial charge is 0.176 e. The van der Waals surface area contributed by atoms with E-state index in [2.05, 4.69) is 75.0 Å². The lowest BCUT2D eigenvalue weighted by molar-refractivity contribution is 0.533. The van der Waals surface area contributed by atoms with E-state index in [0.29, 0.717) is 8.14 Å². The van der Waals surface area contributed by atoms with E-state index in [0.717, 1.165) is 0 Å². The van der Waals surface area contributed by atoms with Crippen LogP contribution in [-0.4, -0.2) is 8.14 Å². The van der Waals surface area contributed by atoms with Crippen molar-refractivity contribution in [1.82, 2.24) is 0 Å². The molecule has 1 aromatic rings. The van der Waals surface area contributed by atoms with Gasteiger partial charge in [0.25, 0.3) is 0 Å². The van der Waals surface area contributed by atoms with Gasteiger partial charge in [0.2, 0.25) is 0 Å². The molecular weight excluding hydrogens is 276 g/mol. The maximum absolute atomic E-state index is 3.63. The summed E-state index contributed by atoms with van der Waals surface area (Å²) < 4.78 is 0. The molecule has 1 aromatic carbocycles. The molecule has 0 bridgehead atoms. The number of halogens is 1. The summed E-state index contributed by atoms with van der Waals surface area (Å²) in [4.78, 5) is 0. The molecule has 0 amide bonds. The number of rotatable bonds is 1. The molecule has 0 unspecified atom stereocenters. The van der Waals surface area contributed by atoms with Crippen LogP contribution in [0, 0.1) is 0 Å². The van der Waals surface area contributed by atoms with Gasteiger partial charge >= 0.3 is 0 Å². The molecular formula is C14H21BrSi. The molecule has 16 heavy (non-hydrogen) atoms. The Morgan fingerprint density at radius 3 is 1.88 bits per heavy atom. The summed E-state index contributed by atoms with van der Waals surface area (Å²) in [7, 11) is 0.690. The lowest BCUT2D eigenvalue weighted by Gasteiger charge is -2.32. The Labute approximate surface area is 110 Å². The van der Waals surface area contributed by atoms with E-state index in [1.807, 2.05) is 0 Å². The van der Waals surface area contributed by atoms with Crippen LogP contribution in [0.3, 0.4) is 0 Å². The van der Waals surface area contributed by atoms with Crippen LogP contribution in [0.25, 0.3) is 0 Å². The van der Waals surface area contributed by atoms with Gasteiger partial charge in [-0.1, -0.05) is 59.7 Å². The standard InChI is InChI=1S/C14H21BrSi/c1-13(2,3)10-8-7-9-11(16-15)12(10)14(4,5)6/h7-9H,1-6H3. The van der Waals surface area contributed by atoms with Gasteiger partial charge in [-0.2, -0.15) is 0 Å². The van der Waals surface area contributed by atoms with Crippen molar-refractivity contribution in [3.63, 3.8) is 0 Å². The Bertz CT molecular complexity index is 369. The minimum atomic E-state index is 0.208. The van der Waals surface area contributed by atoms with E-state index in [1.165, 1.54) is 16.3 Å². The Morgan fingerprint density at radius 2 is 1.50 bits per heavy atom. The highest BCUT2D eigenvalue weighted by Crippen LogP contribution is 2.32. The first kappa shape index (κ1) is 14.0. The molecule has 0 aliphatic heterocycles. The molecule has 0 atom stereocenters. The lowest BCUT2D eigenvalue weighted by atomic mass is 9.75. The van der Waals surface area contributed by atoms with Gasteiger partial charge in [0.15, 0.2) is 8.14 Å². The van der Waals surface area contributed by atoms with Crippen LogP contribution in [0.5, 0.6) is 0 Å². The Morgan fingerprint density at radius 1 is 0.938 bits per heavy atom. The number of hydrogen-bond donors (Lipinski definition) is 0. The highest BCUT2D eigenvalue weighted by molar-refractivity contribution is 9.23. The zero-order chi connectivity index (χ0) is 12.6. The number of benzene rings is 1. The second-order valence-corrected chi connectivity index (χ2v) is 8.24. The van der Waals surface area contributed by atoms with Crippen molar-refractivity contribution in [2.45, 2.75) is 52.4 Å². The van der Waals surface area contributed by atoms with Crippen molar-refractivity contribution in [2.24, 2.45) is 0 Å². The first-order chi connectivity index (χ1) is 7.18. The van der Waals surface area contributed by atoms with Gasteiger partial charge in [-0.25, -0.2) is 0 Å². The lowest BCUT2D eigenvalue weighted by Crippen LogP contribution is -2.31. The smallest absolute Gasteiger partial charge is 0.125 e. The molecule has 2 radical (unpaired) electrons. The zero-order valence-electron chi connectivity index (χ0n) is 11.1. The highest BCUT2D eigenvalue weighted by atomic mass is 79.9. The first-order valence-corrected chi connectivity index (χ1v) is 8.94. The van der Waals surface area contributed by atoms with Gasteiger partial charge in [0.05, 0.1) is 0 Å². The zero-order valence-corrected chi connectivity index (χ0v) is 13.7. The molecule has 0 saturated carbocycles. The van der Waals surface area contributed by atoms with E-state index < -0.39 is 0 Å². The monoisotopic (exact) mass is 296 g/mol. The SMILES string of the molecule is CC(C)(C)c1cccc([Si]Br)c1C(C)(C)C. The molecule has 0 saturated heterocycles.